The van der Waals surface area contributed by atoms with E-state index in [0.29, 0.717) is 16.7 Å². The highest BCUT2D eigenvalue weighted by Crippen LogP contribution is 2.40. The van der Waals surface area contributed by atoms with E-state index >= 15 is 0 Å². The standard InChI is InChI=1S/C15H18F2N2S2/c16-13(17)21-12-7-3-2-6-11(12)18-14-19-15(10-20-14)8-4-1-5-9-15/h2-3,6-7,13H,1,4-5,8-10H2,(H,18,19). The van der Waals surface area contributed by atoms with Crippen molar-refractivity contribution in [3.8, 4) is 0 Å². The molecule has 1 fully saturated rings. The summed E-state index contributed by atoms with van der Waals surface area (Å²) < 4.78 is 25.2. The molecule has 1 spiro atoms. The van der Waals surface area contributed by atoms with Crippen molar-refractivity contribution in [1.82, 2.24) is 0 Å². The molecule has 1 aromatic carbocycles. The van der Waals surface area contributed by atoms with E-state index in [9.17, 15) is 8.78 Å². The van der Waals surface area contributed by atoms with E-state index in [1.54, 1.807) is 23.9 Å². The normalized spacial score (nSPS) is 20.8. The molecule has 0 atom stereocenters. The molecule has 0 aromatic heterocycles. The Hall–Kier alpha value is -0.750. The molecule has 1 aromatic rings. The molecule has 0 unspecified atom stereocenters. The van der Waals surface area contributed by atoms with Gasteiger partial charge in [0.25, 0.3) is 5.76 Å². The number of nitrogens with zero attached hydrogens (tertiary/aromatic N) is 1. The minimum atomic E-state index is -2.41. The summed E-state index contributed by atoms with van der Waals surface area (Å²) in [5, 5.41) is 4.12. The molecule has 2 nitrogen and oxygen atoms in total. The third-order valence-corrected chi connectivity index (χ3v) is 5.88. The summed E-state index contributed by atoms with van der Waals surface area (Å²) in [5.41, 5.74) is 0.817. The van der Waals surface area contributed by atoms with Gasteiger partial charge in [-0.25, -0.2) is 0 Å². The monoisotopic (exact) mass is 328 g/mol. The molecule has 0 radical (unpaired) electrons. The lowest BCUT2D eigenvalue weighted by Gasteiger charge is -2.29. The first-order valence-electron chi connectivity index (χ1n) is 7.20. The summed E-state index contributed by atoms with van der Waals surface area (Å²) in [5.74, 6) is -1.39. The highest BCUT2D eigenvalue weighted by Gasteiger charge is 2.36. The number of rotatable bonds is 3. The van der Waals surface area contributed by atoms with Crippen LogP contribution in [0.15, 0.2) is 34.2 Å². The highest BCUT2D eigenvalue weighted by molar-refractivity contribution is 8.14. The zero-order valence-electron chi connectivity index (χ0n) is 11.6. The molecular formula is C15H18F2N2S2. The number of benzene rings is 1. The van der Waals surface area contributed by atoms with Gasteiger partial charge in [0.2, 0.25) is 0 Å². The minimum absolute atomic E-state index is 0.0933. The van der Waals surface area contributed by atoms with E-state index in [1.165, 1.54) is 19.3 Å². The number of halogens is 2. The van der Waals surface area contributed by atoms with Crippen LogP contribution in [-0.2, 0) is 0 Å². The predicted molar refractivity (Wildman–Crippen MR) is 87.6 cm³/mol. The Morgan fingerprint density at radius 1 is 1.19 bits per heavy atom. The van der Waals surface area contributed by atoms with Gasteiger partial charge in [0.05, 0.1) is 11.2 Å². The van der Waals surface area contributed by atoms with Gasteiger partial charge < -0.3 is 5.32 Å². The van der Waals surface area contributed by atoms with Gasteiger partial charge in [0.15, 0.2) is 5.17 Å². The van der Waals surface area contributed by atoms with E-state index in [4.69, 9.17) is 4.99 Å². The van der Waals surface area contributed by atoms with E-state index in [0.717, 1.165) is 29.4 Å². The van der Waals surface area contributed by atoms with Crippen LogP contribution in [0.5, 0.6) is 0 Å². The van der Waals surface area contributed by atoms with Crippen molar-refractivity contribution < 1.29 is 8.78 Å². The molecule has 1 aliphatic heterocycles. The number of alkyl halides is 2. The summed E-state index contributed by atoms with van der Waals surface area (Å²) in [4.78, 5) is 5.44. The fraction of sp³-hybridized carbons (Fsp3) is 0.533. The van der Waals surface area contributed by atoms with Crippen LogP contribution in [0.4, 0.5) is 14.5 Å². The van der Waals surface area contributed by atoms with Crippen molar-refractivity contribution in [2.45, 2.75) is 48.3 Å². The summed E-state index contributed by atoms with van der Waals surface area (Å²) in [7, 11) is 0. The number of hydrogen-bond acceptors (Lipinski definition) is 4. The Labute approximate surface area is 132 Å². The third-order valence-electron chi connectivity index (χ3n) is 3.95. The van der Waals surface area contributed by atoms with Gasteiger partial charge in [-0.1, -0.05) is 54.9 Å². The smallest absolute Gasteiger partial charge is 0.288 e. The van der Waals surface area contributed by atoms with E-state index in [2.05, 4.69) is 5.32 Å². The van der Waals surface area contributed by atoms with Crippen molar-refractivity contribution in [3.05, 3.63) is 24.3 Å². The van der Waals surface area contributed by atoms with Crippen LogP contribution >= 0.6 is 23.5 Å². The van der Waals surface area contributed by atoms with Gasteiger partial charge in [-0.05, 0) is 25.0 Å². The zero-order valence-corrected chi connectivity index (χ0v) is 13.3. The lowest BCUT2D eigenvalue weighted by molar-refractivity contribution is 0.252. The van der Waals surface area contributed by atoms with Crippen LogP contribution in [0, 0.1) is 0 Å². The van der Waals surface area contributed by atoms with E-state index in [-0.39, 0.29) is 5.54 Å². The molecular weight excluding hydrogens is 310 g/mol. The van der Waals surface area contributed by atoms with Gasteiger partial charge >= 0.3 is 0 Å². The Kier molecular flexibility index (Phi) is 4.74. The molecule has 0 bridgehead atoms. The van der Waals surface area contributed by atoms with Crippen molar-refractivity contribution in [2.24, 2.45) is 4.99 Å². The average molecular weight is 328 g/mol. The fourth-order valence-corrected chi connectivity index (χ4v) is 4.69. The second kappa shape index (κ2) is 6.57. The van der Waals surface area contributed by atoms with Gasteiger partial charge in [0.1, 0.15) is 0 Å². The Balaban J connectivity index is 1.74. The maximum absolute atomic E-state index is 12.6. The molecule has 6 heteroatoms. The number of hydrogen-bond donors (Lipinski definition) is 1. The number of para-hydroxylation sites is 1. The third kappa shape index (κ3) is 3.72. The largest absolute Gasteiger partial charge is 0.334 e. The van der Waals surface area contributed by atoms with Crippen LogP contribution in [-0.4, -0.2) is 22.2 Å². The number of thioether (sulfide) groups is 2. The molecule has 21 heavy (non-hydrogen) atoms. The van der Waals surface area contributed by atoms with Crippen LogP contribution < -0.4 is 5.32 Å². The van der Waals surface area contributed by atoms with E-state index in [1.807, 2.05) is 12.1 Å². The summed E-state index contributed by atoms with van der Waals surface area (Å²) in [6.45, 7) is 0. The maximum atomic E-state index is 12.6. The van der Waals surface area contributed by atoms with Crippen LogP contribution in [0.1, 0.15) is 32.1 Å². The molecule has 1 N–H and O–H groups in total. The second-order valence-electron chi connectivity index (χ2n) is 5.49. The minimum Gasteiger partial charge on any atom is -0.334 e. The van der Waals surface area contributed by atoms with Crippen LogP contribution in [0.3, 0.4) is 0 Å². The summed E-state index contributed by atoms with van der Waals surface area (Å²) in [6, 6.07) is 7.19. The highest BCUT2D eigenvalue weighted by atomic mass is 32.2. The number of anilines is 1. The Morgan fingerprint density at radius 3 is 2.71 bits per heavy atom. The average Bonchev–Trinajstić information content (AvgIpc) is 2.84. The van der Waals surface area contributed by atoms with Gasteiger partial charge in [-0.2, -0.15) is 8.78 Å². The van der Waals surface area contributed by atoms with Gasteiger partial charge in [0, 0.05) is 10.6 Å². The van der Waals surface area contributed by atoms with Crippen molar-refractivity contribution in [2.75, 3.05) is 11.1 Å². The Morgan fingerprint density at radius 2 is 1.95 bits per heavy atom. The topological polar surface area (TPSA) is 24.4 Å². The zero-order chi connectivity index (χ0) is 14.7. The van der Waals surface area contributed by atoms with Crippen molar-refractivity contribution in [1.29, 1.82) is 0 Å². The predicted octanol–water partition coefficient (Wildman–Crippen LogP) is 5.22. The van der Waals surface area contributed by atoms with E-state index < -0.39 is 5.76 Å². The molecule has 1 aliphatic carbocycles. The molecule has 1 heterocycles. The fourth-order valence-electron chi connectivity index (χ4n) is 2.90. The SMILES string of the molecule is FC(F)Sc1ccccc1NC1=NC2(CCCCC2)CS1. The van der Waals surface area contributed by atoms with Gasteiger partial charge in [-0.3, -0.25) is 4.99 Å². The molecule has 2 aliphatic rings. The summed E-state index contributed by atoms with van der Waals surface area (Å²) >= 11 is 2.29. The quantitative estimate of drug-likeness (QED) is 0.770. The first-order valence-corrected chi connectivity index (χ1v) is 9.07. The number of nitrogens with one attached hydrogen (secondary N) is 1. The lowest BCUT2D eigenvalue weighted by atomic mass is 9.84. The van der Waals surface area contributed by atoms with Crippen LogP contribution in [0.2, 0.25) is 0 Å². The molecule has 0 saturated heterocycles. The molecule has 3 rings (SSSR count). The summed E-state index contributed by atoms with van der Waals surface area (Å²) in [6.07, 6.45) is 6.10. The first kappa shape index (κ1) is 15.2. The molecule has 0 amide bonds. The molecule has 1 saturated carbocycles. The first-order chi connectivity index (χ1) is 10.2. The number of aliphatic imine (C=N–C) groups is 1. The lowest BCUT2D eigenvalue weighted by Crippen LogP contribution is -2.29. The maximum Gasteiger partial charge on any atom is 0.288 e. The Bertz CT molecular complexity index is 528. The second-order valence-corrected chi connectivity index (χ2v) is 7.49. The van der Waals surface area contributed by atoms with Crippen molar-refractivity contribution >= 4 is 34.4 Å². The molecule has 114 valence electrons. The van der Waals surface area contributed by atoms with Gasteiger partial charge in [-0.15, -0.1) is 0 Å². The van der Waals surface area contributed by atoms with Crippen molar-refractivity contribution in [3.63, 3.8) is 0 Å². The number of amidine groups is 1. The van der Waals surface area contributed by atoms with Crippen LogP contribution in [0.25, 0.3) is 0 Å².